The van der Waals surface area contributed by atoms with E-state index in [0.717, 1.165) is 5.56 Å². The molecule has 0 atom stereocenters. The molecule has 0 radical (unpaired) electrons. The van der Waals surface area contributed by atoms with E-state index in [1.807, 2.05) is 24.3 Å². The summed E-state index contributed by atoms with van der Waals surface area (Å²) < 4.78 is 5.14. The number of benzene rings is 3. The number of amides is 2. The van der Waals surface area contributed by atoms with Gasteiger partial charge in [0.15, 0.2) is 0 Å². The van der Waals surface area contributed by atoms with Gasteiger partial charge in [-0.1, -0.05) is 35.9 Å². The molecule has 0 fully saturated rings. The highest BCUT2D eigenvalue weighted by molar-refractivity contribution is 6.34. The minimum Gasteiger partial charge on any atom is -0.497 e. The van der Waals surface area contributed by atoms with Crippen LogP contribution in [0, 0.1) is 0 Å². The molecule has 1 aliphatic heterocycles. The first kappa shape index (κ1) is 18.1. The number of carbonyl (C=O) groups excluding carboxylic acids is 2. The summed E-state index contributed by atoms with van der Waals surface area (Å²) in [7, 11) is 1.55. The predicted octanol–water partition coefficient (Wildman–Crippen LogP) is 4.76. The second-order valence-corrected chi connectivity index (χ2v) is 6.81. The largest absolute Gasteiger partial charge is 0.497 e. The van der Waals surface area contributed by atoms with Gasteiger partial charge >= 0.3 is 0 Å². The van der Waals surface area contributed by atoms with Crippen molar-refractivity contribution in [2.24, 2.45) is 0 Å². The molecule has 0 aliphatic carbocycles. The van der Waals surface area contributed by atoms with Crippen molar-refractivity contribution in [2.45, 2.75) is 6.54 Å². The Kier molecular flexibility index (Phi) is 4.75. The van der Waals surface area contributed by atoms with Crippen molar-refractivity contribution in [2.75, 3.05) is 17.3 Å². The molecule has 0 spiro atoms. The molecule has 1 aliphatic rings. The van der Waals surface area contributed by atoms with Crippen LogP contribution in [0.15, 0.2) is 66.7 Å². The van der Waals surface area contributed by atoms with Gasteiger partial charge in [0.25, 0.3) is 11.8 Å². The van der Waals surface area contributed by atoms with Crippen molar-refractivity contribution >= 4 is 34.8 Å². The van der Waals surface area contributed by atoms with E-state index in [4.69, 9.17) is 16.3 Å². The Bertz CT molecular complexity index is 1080. The van der Waals surface area contributed by atoms with Gasteiger partial charge in [0.1, 0.15) is 5.75 Å². The zero-order valence-electron chi connectivity index (χ0n) is 15.1. The van der Waals surface area contributed by atoms with Gasteiger partial charge < -0.3 is 15.0 Å². The quantitative estimate of drug-likeness (QED) is 0.696. The van der Waals surface area contributed by atoms with E-state index in [0.29, 0.717) is 39.8 Å². The van der Waals surface area contributed by atoms with Crippen LogP contribution in [0.1, 0.15) is 26.3 Å². The summed E-state index contributed by atoms with van der Waals surface area (Å²) in [5.74, 6) is 0.249. The van der Waals surface area contributed by atoms with Gasteiger partial charge in [-0.3, -0.25) is 9.59 Å². The number of hydrogen-bond donors (Lipinski definition) is 1. The second kappa shape index (κ2) is 7.37. The van der Waals surface area contributed by atoms with Gasteiger partial charge in [-0.05, 0) is 48.0 Å². The Hall–Kier alpha value is -3.31. The second-order valence-electron chi connectivity index (χ2n) is 6.40. The highest BCUT2D eigenvalue weighted by atomic mass is 35.5. The number of nitrogens with one attached hydrogen (secondary N) is 1. The molecule has 4 rings (SSSR count). The summed E-state index contributed by atoms with van der Waals surface area (Å²) in [5.41, 5.74) is 3.31. The average Bonchev–Trinajstić information content (AvgIpc) is 3.06. The van der Waals surface area contributed by atoms with Crippen LogP contribution >= 0.6 is 11.6 Å². The maximum atomic E-state index is 12.6. The van der Waals surface area contributed by atoms with E-state index in [2.05, 4.69) is 5.32 Å². The molecule has 5 nitrogen and oxygen atoms in total. The Labute approximate surface area is 167 Å². The summed E-state index contributed by atoms with van der Waals surface area (Å²) in [5, 5.41) is 3.15. The Morgan fingerprint density at radius 3 is 2.64 bits per heavy atom. The van der Waals surface area contributed by atoms with Gasteiger partial charge in [0.2, 0.25) is 0 Å². The molecule has 140 valence electrons. The smallest absolute Gasteiger partial charge is 0.258 e. The topological polar surface area (TPSA) is 58.6 Å². The number of fused-ring (bicyclic) bond motifs is 1. The molecule has 0 saturated carbocycles. The molecule has 0 saturated heterocycles. The number of ether oxygens (including phenoxy) is 1. The lowest BCUT2D eigenvalue weighted by atomic mass is 10.1. The summed E-state index contributed by atoms with van der Waals surface area (Å²) in [6.07, 6.45) is 0. The van der Waals surface area contributed by atoms with Crippen LogP contribution in [0.2, 0.25) is 5.02 Å². The molecular weight excluding hydrogens is 376 g/mol. The monoisotopic (exact) mass is 392 g/mol. The fourth-order valence-corrected chi connectivity index (χ4v) is 3.42. The summed E-state index contributed by atoms with van der Waals surface area (Å²) in [6.45, 7) is 0.501. The van der Waals surface area contributed by atoms with Crippen LogP contribution < -0.4 is 15.0 Å². The molecular formula is C22H17ClN2O3. The van der Waals surface area contributed by atoms with Crippen LogP contribution in [0.4, 0.5) is 11.4 Å². The Morgan fingerprint density at radius 1 is 1.07 bits per heavy atom. The first-order valence-corrected chi connectivity index (χ1v) is 9.09. The van der Waals surface area contributed by atoms with Crippen LogP contribution in [-0.2, 0) is 6.54 Å². The van der Waals surface area contributed by atoms with Crippen molar-refractivity contribution in [3.63, 3.8) is 0 Å². The zero-order valence-corrected chi connectivity index (χ0v) is 15.9. The molecule has 1 N–H and O–H groups in total. The molecule has 3 aromatic rings. The number of carbonyl (C=O) groups is 2. The van der Waals surface area contributed by atoms with Crippen molar-refractivity contribution in [1.82, 2.24) is 0 Å². The van der Waals surface area contributed by atoms with Gasteiger partial charge in [0.05, 0.1) is 24.4 Å². The van der Waals surface area contributed by atoms with Crippen LogP contribution in [0.3, 0.4) is 0 Å². The van der Waals surface area contributed by atoms with Crippen molar-refractivity contribution in [3.8, 4) is 5.75 Å². The molecule has 6 heteroatoms. The lowest BCUT2D eigenvalue weighted by Gasteiger charge is -2.17. The average molecular weight is 393 g/mol. The molecule has 2 amide bonds. The first-order valence-electron chi connectivity index (χ1n) is 8.71. The molecule has 0 unspecified atom stereocenters. The van der Waals surface area contributed by atoms with Gasteiger partial charge in [-0.2, -0.15) is 0 Å². The van der Waals surface area contributed by atoms with E-state index in [9.17, 15) is 9.59 Å². The highest BCUT2D eigenvalue weighted by Crippen LogP contribution is 2.33. The fraction of sp³-hybridized carbons (Fsp3) is 0.0909. The van der Waals surface area contributed by atoms with E-state index >= 15 is 0 Å². The van der Waals surface area contributed by atoms with Gasteiger partial charge in [0, 0.05) is 16.8 Å². The normalized spacial score (nSPS) is 12.6. The summed E-state index contributed by atoms with van der Waals surface area (Å²) in [4.78, 5) is 26.8. The SMILES string of the molecule is COc1cccc(C(=O)Nc2ccc(N3Cc4ccccc4C3=O)cc2Cl)c1. The number of hydrogen-bond acceptors (Lipinski definition) is 3. The van der Waals surface area contributed by atoms with E-state index in [1.54, 1.807) is 54.5 Å². The minimum absolute atomic E-state index is 0.0557. The van der Waals surface area contributed by atoms with Crippen molar-refractivity contribution in [3.05, 3.63) is 88.4 Å². The van der Waals surface area contributed by atoms with Crippen LogP contribution in [-0.4, -0.2) is 18.9 Å². The zero-order chi connectivity index (χ0) is 19.7. The summed E-state index contributed by atoms with van der Waals surface area (Å²) in [6, 6.07) is 19.6. The van der Waals surface area contributed by atoms with E-state index in [-0.39, 0.29) is 11.8 Å². The minimum atomic E-state index is -0.293. The standard InChI is InChI=1S/C22H17ClN2O3/c1-28-17-7-4-6-14(11-17)21(26)24-20-10-9-16(12-19(20)23)25-13-15-5-2-3-8-18(15)22(25)27/h2-12H,13H2,1H3,(H,24,26). The van der Waals surface area contributed by atoms with Crippen LogP contribution in [0.25, 0.3) is 0 Å². The summed E-state index contributed by atoms with van der Waals surface area (Å²) >= 11 is 6.38. The number of nitrogens with zero attached hydrogens (tertiary/aromatic N) is 1. The molecule has 0 aromatic heterocycles. The number of halogens is 1. The number of anilines is 2. The first-order chi connectivity index (χ1) is 13.6. The highest BCUT2D eigenvalue weighted by Gasteiger charge is 2.28. The molecule has 3 aromatic carbocycles. The molecule has 28 heavy (non-hydrogen) atoms. The number of methoxy groups -OCH3 is 1. The Morgan fingerprint density at radius 2 is 1.89 bits per heavy atom. The maximum absolute atomic E-state index is 12.6. The van der Waals surface area contributed by atoms with E-state index in [1.165, 1.54) is 0 Å². The maximum Gasteiger partial charge on any atom is 0.258 e. The van der Waals surface area contributed by atoms with Gasteiger partial charge in [-0.25, -0.2) is 0 Å². The van der Waals surface area contributed by atoms with Crippen molar-refractivity contribution in [1.29, 1.82) is 0 Å². The molecule has 1 heterocycles. The predicted molar refractivity (Wildman–Crippen MR) is 109 cm³/mol. The third-order valence-electron chi connectivity index (χ3n) is 4.67. The van der Waals surface area contributed by atoms with Gasteiger partial charge in [-0.15, -0.1) is 0 Å². The van der Waals surface area contributed by atoms with E-state index < -0.39 is 0 Å². The lowest BCUT2D eigenvalue weighted by molar-refractivity contribution is 0.0994. The van der Waals surface area contributed by atoms with Crippen molar-refractivity contribution < 1.29 is 14.3 Å². The fourth-order valence-electron chi connectivity index (χ4n) is 3.19. The lowest BCUT2D eigenvalue weighted by Crippen LogP contribution is -2.23. The molecule has 0 bridgehead atoms. The number of rotatable bonds is 4. The third-order valence-corrected chi connectivity index (χ3v) is 4.98. The van der Waals surface area contributed by atoms with Crippen LogP contribution in [0.5, 0.6) is 5.75 Å². The third kappa shape index (κ3) is 3.32. The Balaban J connectivity index is 1.54.